The van der Waals surface area contributed by atoms with Gasteiger partial charge in [0, 0.05) is 62.3 Å². The molecule has 6 rings (SSSR count). The number of methoxy groups -OCH3 is 1. The molecule has 16 heteroatoms. The summed E-state index contributed by atoms with van der Waals surface area (Å²) in [6.45, 7) is 0.0422. The summed E-state index contributed by atoms with van der Waals surface area (Å²) < 4.78 is 53.9. The summed E-state index contributed by atoms with van der Waals surface area (Å²) in [6, 6.07) is 9.06. The first-order chi connectivity index (χ1) is 22.8. The zero-order valence-electron chi connectivity index (χ0n) is 26.3. The average Bonchev–Trinajstić information content (AvgIpc) is 3.82. The highest BCUT2D eigenvalue weighted by atomic mass is 35.5. The Kier molecular flexibility index (Phi) is 9.66. The van der Waals surface area contributed by atoms with Gasteiger partial charge in [-0.2, -0.15) is 9.04 Å². The summed E-state index contributed by atoms with van der Waals surface area (Å²) in [7, 11) is 0.423. The van der Waals surface area contributed by atoms with Crippen molar-refractivity contribution in [2.24, 2.45) is 0 Å². The number of amides is 1. The Morgan fingerprint density at radius 2 is 1.81 bits per heavy atom. The predicted octanol–water partition coefficient (Wildman–Crippen LogP) is 4.97. The third-order valence-electron chi connectivity index (χ3n) is 8.46. The van der Waals surface area contributed by atoms with Crippen molar-refractivity contribution in [1.82, 2.24) is 9.21 Å². The van der Waals surface area contributed by atoms with Gasteiger partial charge < -0.3 is 29.1 Å². The van der Waals surface area contributed by atoms with Crippen molar-refractivity contribution in [3.8, 4) is 17.2 Å². The number of pyridine rings is 1. The molecule has 1 spiro atoms. The van der Waals surface area contributed by atoms with E-state index in [1.807, 2.05) is 0 Å². The van der Waals surface area contributed by atoms with Gasteiger partial charge in [-0.1, -0.05) is 29.3 Å². The van der Waals surface area contributed by atoms with E-state index in [4.69, 9.17) is 42.1 Å². The van der Waals surface area contributed by atoms with Gasteiger partial charge in [0.1, 0.15) is 16.1 Å². The number of benzene rings is 2. The number of carbonyl (C=O) groups excluding carboxylic acids is 2. The SMILES string of the molecule is COc1ccc([C@H](Cc2c(Cl)c[n+]([O-])cc2Cl)OC(=O)[C@@H]2SCCN2S(=O)(=O)c2cccc(C(=O)N(C)C)c2)c2c1OC1(CCCC1)O2. The highest BCUT2D eigenvalue weighted by Gasteiger charge is 2.48. The van der Waals surface area contributed by atoms with Gasteiger partial charge in [0.25, 0.3) is 11.7 Å². The van der Waals surface area contributed by atoms with Crippen molar-refractivity contribution in [3.05, 3.63) is 80.7 Å². The van der Waals surface area contributed by atoms with E-state index in [2.05, 4.69) is 0 Å². The number of thioether (sulfide) groups is 1. The molecule has 1 aliphatic carbocycles. The summed E-state index contributed by atoms with van der Waals surface area (Å²) in [5, 5.41) is 10.9. The largest absolute Gasteiger partial charge is 0.619 e. The van der Waals surface area contributed by atoms with Gasteiger partial charge in [-0.25, -0.2) is 13.2 Å². The average molecular weight is 739 g/mol. The molecular formula is C32H33Cl2N3O9S2. The first kappa shape index (κ1) is 34.4. The molecule has 256 valence electrons. The van der Waals surface area contributed by atoms with E-state index in [-0.39, 0.29) is 39.4 Å². The fraction of sp³-hybridized carbons (Fsp3) is 0.406. The lowest BCUT2D eigenvalue weighted by molar-refractivity contribution is -0.605. The number of esters is 1. The van der Waals surface area contributed by atoms with Crippen molar-refractivity contribution >= 4 is 56.9 Å². The molecule has 0 N–H and O–H groups in total. The van der Waals surface area contributed by atoms with E-state index in [0.717, 1.165) is 41.3 Å². The molecule has 3 aliphatic rings. The van der Waals surface area contributed by atoms with Crippen molar-refractivity contribution in [2.45, 2.75) is 54.3 Å². The fourth-order valence-electron chi connectivity index (χ4n) is 6.08. The second-order valence-corrected chi connectivity index (χ2v) is 15.7. The van der Waals surface area contributed by atoms with Crippen LogP contribution in [-0.2, 0) is 26.0 Å². The monoisotopic (exact) mass is 737 g/mol. The highest BCUT2D eigenvalue weighted by molar-refractivity contribution is 8.02. The van der Waals surface area contributed by atoms with E-state index in [9.17, 15) is 23.2 Å². The fourth-order valence-corrected chi connectivity index (χ4v) is 9.77. The normalized spacial score (nSPS) is 19.0. The van der Waals surface area contributed by atoms with Gasteiger partial charge >= 0.3 is 5.97 Å². The molecule has 48 heavy (non-hydrogen) atoms. The standard InChI is InChI=1S/C32H33Cl2N3O9S2/c1-35(2)29(38)19-7-6-8-20(15-19)48(41,42)37-13-14-47-30(37)31(39)44-26(16-22-23(33)17-36(40)18-24(22)34)21-9-10-25(43-3)28-27(21)45-32(46-28)11-4-5-12-32/h6-10,15,17-18,26,30H,4-5,11-14,16H2,1-3H3/t26-,30-/m0/s1. The van der Waals surface area contributed by atoms with Crippen LogP contribution in [0.3, 0.4) is 0 Å². The number of ether oxygens (including phenoxy) is 4. The third kappa shape index (κ3) is 6.48. The number of halogens is 2. The molecule has 0 bridgehead atoms. The molecule has 1 saturated carbocycles. The number of hydrogen-bond donors (Lipinski definition) is 0. The summed E-state index contributed by atoms with van der Waals surface area (Å²) in [6.07, 6.45) is 4.24. The predicted molar refractivity (Wildman–Crippen MR) is 178 cm³/mol. The molecule has 12 nitrogen and oxygen atoms in total. The van der Waals surface area contributed by atoms with Crippen molar-refractivity contribution in [2.75, 3.05) is 33.5 Å². The minimum absolute atomic E-state index is 0.0422. The van der Waals surface area contributed by atoms with Gasteiger partial charge in [0.05, 0.1) is 12.0 Å². The van der Waals surface area contributed by atoms with E-state index < -0.39 is 33.3 Å². The van der Waals surface area contributed by atoms with Crippen LogP contribution in [0.2, 0.25) is 10.0 Å². The Bertz CT molecular complexity index is 1850. The zero-order chi connectivity index (χ0) is 34.4. The van der Waals surface area contributed by atoms with Gasteiger partial charge in [-0.3, -0.25) is 4.79 Å². The van der Waals surface area contributed by atoms with E-state index in [1.165, 1.54) is 36.3 Å². The summed E-state index contributed by atoms with van der Waals surface area (Å²) in [4.78, 5) is 27.8. The Balaban J connectivity index is 1.35. The minimum atomic E-state index is -4.23. The summed E-state index contributed by atoms with van der Waals surface area (Å²) in [5.74, 6) is -0.603. The minimum Gasteiger partial charge on any atom is -0.619 e. The highest BCUT2D eigenvalue weighted by Crippen LogP contribution is 2.54. The molecule has 0 unspecified atom stereocenters. The Morgan fingerprint density at radius 1 is 1.12 bits per heavy atom. The molecule has 3 heterocycles. The lowest BCUT2D eigenvalue weighted by atomic mass is 10.00. The van der Waals surface area contributed by atoms with Crippen LogP contribution in [0.5, 0.6) is 17.2 Å². The maximum Gasteiger partial charge on any atom is 0.335 e. The molecule has 1 saturated heterocycles. The number of carbonyl (C=O) groups is 2. The van der Waals surface area contributed by atoms with Gasteiger partial charge in [-0.05, 0) is 43.2 Å². The smallest absolute Gasteiger partial charge is 0.335 e. The Hall–Kier alpha value is -3.43. The lowest BCUT2D eigenvalue weighted by Gasteiger charge is -2.26. The topological polar surface area (TPSA) is 139 Å². The maximum absolute atomic E-state index is 14.0. The maximum atomic E-state index is 14.0. The molecule has 2 aromatic carbocycles. The molecule has 1 aromatic heterocycles. The van der Waals surface area contributed by atoms with Gasteiger partial charge in [-0.15, -0.1) is 11.8 Å². The van der Waals surface area contributed by atoms with E-state index >= 15 is 0 Å². The number of sulfonamides is 1. The number of hydrogen-bond acceptors (Lipinski definition) is 10. The number of nitrogens with zero attached hydrogens (tertiary/aromatic N) is 3. The molecular weight excluding hydrogens is 705 g/mol. The number of rotatable bonds is 9. The number of fused-ring (bicyclic) bond motifs is 1. The second-order valence-electron chi connectivity index (χ2n) is 11.8. The molecule has 2 fully saturated rings. The molecule has 2 aliphatic heterocycles. The Morgan fingerprint density at radius 3 is 2.48 bits per heavy atom. The first-order valence-corrected chi connectivity index (χ1v) is 18.4. The van der Waals surface area contributed by atoms with Crippen molar-refractivity contribution < 1.29 is 41.7 Å². The first-order valence-electron chi connectivity index (χ1n) is 15.1. The van der Waals surface area contributed by atoms with Crippen molar-refractivity contribution in [1.29, 1.82) is 0 Å². The van der Waals surface area contributed by atoms with Gasteiger partial charge in [0.2, 0.25) is 15.8 Å². The molecule has 0 radical (unpaired) electrons. The Labute approximate surface area is 292 Å². The van der Waals surface area contributed by atoms with Crippen LogP contribution >= 0.6 is 35.0 Å². The molecule has 1 amide bonds. The lowest BCUT2D eigenvalue weighted by Crippen LogP contribution is -2.41. The van der Waals surface area contributed by atoms with Crippen LogP contribution in [0.1, 0.15) is 53.3 Å². The summed E-state index contributed by atoms with van der Waals surface area (Å²) in [5.41, 5.74) is 0.966. The van der Waals surface area contributed by atoms with E-state index in [1.54, 1.807) is 26.2 Å². The zero-order valence-corrected chi connectivity index (χ0v) is 29.5. The van der Waals surface area contributed by atoms with Crippen LogP contribution in [0.15, 0.2) is 53.7 Å². The summed E-state index contributed by atoms with van der Waals surface area (Å²) >= 11 is 14.0. The van der Waals surface area contributed by atoms with Crippen LogP contribution < -0.4 is 18.9 Å². The van der Waals surface area contributed by atoms with Crippen LogP contribution in [0.4, 0.5) is 0 Å². The van der Waals surface area contributed by atoms with Gasteiger partial charge in [0.15, 0.2) is 29.3 Å². The molecule has 3 aromatic rings. The number of aromatic nitrogens is 1. The second kappa shape index (κ2) is 13.5. The van der Waals surface area contributed by atoms with Crippen LogP contribution in [0, 0.1) is 5.21 Å². The van der Waals surface area contributed by atoms with Crippen molar-refractivity contribution in [3.63, 3.8) is 0 Å². The van der Waals surface area contributed by atoms with Crippen LogP contribution in [0.25, 0.3) is 0 Å². The van der Waals surface area contributed by atoms with E-state index in [0.29, 0.717) is 51.7 Å². The van der Waals surface area contributed by atoms with Crippen LogP contribution in [-0.4, -0.2) is 74.2 Å². The third-order valence-corrected chi connectivity index (χ3v) is 12.3. The molecule has 2 atom stereocenters. The quantitative estimate of drug-likeness (QED) is 0.168.